The second-order valence-corrected chi connectivity index (χ2v) is 11.3. The van der Waals surface area contributed by atoms with Crippen LogP contribution in [-0.4, -0.2) is 45.8 Å². The van der Waals surface area contributed by atoms with Gasteiger partial charge in [-0.15, -0.1) is 0 Å². The third-order valence-electron chi connectivity index (χ3n) is 4.58. The van der Waals surface area contributed by atoms with E-state index in [1.165, 1.54) is 24.3 Å². The smallest absolute Gasteiger partial charge is 0.195 e. The predicted octanol–water partition coefficient (Wildman–Crippen LogP) is 3.22. The molecule has 1 atom stereocenters. The van der Waals surface area contributed by atoms with E-state index in [-0.39, 0.29) is 22.8 Å². The number of hydrogen-bond donors (Lipinski definition) is 1. The lowest BCUT2D eigenvalue weighted by atomic mass is 10.1. The molecule has 0 aliphatic heterocycles. The molecular formula is C21H28O6S2. The Balaban J connectivity index is 2.23. The number of hydrogen-bond acceptors (Lipinski definition) is 6. The van der Waals surface area contributed by atoms with Gasteiger partial charge in [0.2, 0.25) is 0 Å². The third kappa shape index (κ3) is 6.37. The third-order valence-corrected chi connectivity index (χ3v) is 9.81. The van der Waals surface area contributed by atoms with Crippen molar-refractivity contribution in [3.63, 3.8) is 0 Å². The van der Waals surface area contributed by atoms with Gasteiger partial charge in [0.25, 0.3) is 0 Å². The Morgan fingerprint density at radius 3 is 1.69 bits per heavy atom. The number of benzene rings is 2. The Morgan fingerprint density at radius 1 is 0.793 bits per heavy atom. The van der Waals surface area contributed by atoms with Gasteiger partial charge in [0, 0.05) is 6.61 Å². The fourth-order valence-electron chi connectivity index (χ4n) is 3.03. The number of ether oxygens (including phenoxy) is 1. The van der Waals surface area contributed by atoms with Crippen molar-refractivity contribution in [2.75, 3.05) is 13.2 Å². The van der Waals surface area contributed by atoms with E-state index in [0.29, 0.717) is 25.9 Å². The Hall–Kier alpha value is -1.74. The van der Waals surface area contributed by atoms with Gasteiger partial charge in [0.05, 0.1) is 22.5 Å². The molecule has 1 unspecified atom stereocenters. The molecule has 160 valence electrons. The Morgan fingerprint density at radius 2 is 1.24 bits per heavy atom. The molecule has 0 bridgehead atoms. The molecule has 0 aromatic heterocycles. The molecule has 0 radical (unpaired) electrons. The molecule has 0 aliphatic carbocycles. The molecule has 0 amide bonds. The molecule has 0 aliphatic rings. The zero-order chi connectivity index (χ0) is 21.3. The van der Waals surface area contributed by atoms with Gasteiger partial charge in [-0.05, 0) is 44.0 Å². The summed E-state index contributed by atoms with van der Waals surface area (Å²) in [5.74, 6) is 0. The highest BCUT2D eigenvalue weighted by Crippen LogP contribution is 2.29. The summed E-state index contributed by atoms with van der Waals surface area (Å²) in [6.07, 6.45) is 0.579. The first-order valence-electron chi connectivity index (χ1n) is 9.64. The summed E-state index contributed by atoms with van der Waals surface area (Å²) in [5, 5.41) is 9.86. The maximum absolute atomic E-state index is 13.2. The minimum Gasteiger partial charge on any atom is -0.391 e. The molecular weight excluding hydrogens is 412 g/mol. The van der Waals surface area contributed by atoms with Crippen LogP contribution in [0, 0.1) is 0 Å². The summed E-state index contributed by atoms with van der Waals surface area (Å²) in [4.78, 5) is -0.0261. The van der Waals surface area contributed by atoms with E-state index >= 15 is 0 Å². The fourth-order valence-corrected chi connectivity index (χ4v) is 7.66. The maximum Gasteiger partial charge on any atom is 0.195 e. The van der Waals surface area contributed by atoms with Gasteiger partial charge in [0.1, 0.15) is 0 Å². The normalized spacial score (nSPS) is 13.5. The maximum atomic E-state index is 13.2. The Kier molecular flexibility index (Phi) is 8.82. The standard InChI is InChI=1S/C21H28O6S2/c1-2-27-17-18(22)11-9-10-16-21(28(23,24)19-12-5-3-6-13-19)29(25,26)20-14-7-4-8-15-20/h3-8,12-15,18,21-22H,2,9-11,16-17H2,1H3. The van der Waals surface area contributed by atoms with Crippen LogP contribution < -0.4 is 0 Å². The molecule has 6 nitrogen and oxygen atoms in total. The van der Waals surface area contributed by atoms with Crippen molar-refractivity contribution in [1.29, 1.82) is 0 Å². The molecule has 2 aromatic rings. The lowest BCUT2D eigenvalue weighted by Gasteiger charge is -2.19. The van der Waals surface area contributed by atoms with Gasteiger partial charge in [-0.25, -0.2) is 16.8 Å². The van der Waals surface area contributed by atoms with E-state index < -0.39 is 30.4 Å². The SMILES string of the molecule is CCOCC(O)CCCCC(S(=O)(=O)c1ccccc1)S(=O)(=O)c1ccccc1. The van der Waals surface area contributed by atoms with Gasteiger partial charge in [-0.1, -0.05) is 49.2 Å². The quantitative estimate of drug-likeness (QED) is 0.509. The van der Waals surface area contributed by atoms with Crippen molar-refractivity contribution in [3.05, 3.63) is 60.7 Å². The average Bonchev–Trinajstić information content (AvgIpc) is 2.73. The van der Waals surface area contributed by atoms with Crippen LogP contribution in [0.1, 0.15) is 32.6 Å². The predicted molar refractivity (Wildman–Crippen MR) is 112 cm³/mol. The number of rotatable bonds is 12. The lowest BCUT2D eigenvalue weighted by Crippen LogP contribution is -2.31. The van der Waals surface area contributed by atoms with E-state index in [9.17, 15) is 21.9 Å². The lowest BCUT2D eigenvalue weighted by molar-refractivity contribution is 0.0369. The van der Waals surface area contributed by atoms with Crippen molar-refractivity contribution in [2.45, 2.75) is 53.1 Å². The number of aliphatic hydroxyl groups is 1. The molecule has 0 heterocycles. The highest BCUT2D eigenvalue weighted by molar-refractivity contribution is 8.09. The van der Waals surface area contributed by atoms with E-state index in [4.69, 9.17) is 4.74 Å². The number of sulfone groups is 2. The van der Waals surface area contributed by atoms with Gasteiger partial charge >= 0.3 is 0 Å². The first-order chi connectivity index (χ1) is 13.8. The number of aliphatic hydroxyl groups excluding tert-OH is 1. The minimum absolute atomic E-state index is 0.0131. The highest BCUT2D eigenvalue weighted by atomic mass is 32.3. The van der Waals surface area contributed by atoms with E-state index in [1.807, 2.05) is 6.92 Å². The van der Waals surface area contributed by atoms with Crippen LogP contribution in [0.4, 0.5) is 0 Å². The van der Waals surface area contributed by atoms with Gasteiger partial charge in [0.15, 0.2) is 24.3 Å². The second kappa shape index (κ2) is 10.9. The van der Waals surface area contributed by atoms with Crippen molar-refractivity contribution >= 4 is 19.7 Å². The van der Waals surface area contributed by atoms with E-state index in [0.717, 1.165) is 0 Å². The van der Waals surface area contributed by atoms with Gasteiger partial charge < -0.3 is 9.84 Å². The Bertz CT molecular complexity index is 872. The molecule has 8 heteroatoms. The van der Waals surface area contributed by atoms with Gasteiger partial charge in [-0.3, -0.25) is 0 Å². The summed E-state index contributed by atoms with van der Waals surface area (Å²) < 4.78 is 56.3. The zero-order valence-corrected chi connectivity index (χ0v) is 18.1. The summed E-state index contributed by atoms with van der Waals surface area (Å²) in [5.41, 5.74) is 0. The molecule has 29 heavy (non-hydrogen) atoms. The average molecular weight is 441 g/mol. The summed E-state index contributed by atoms with van der Waals surface area (Å²) in [7, 11) is -8.19. The first-order valence-corrected chi connectivity index (χ1v) is 12.7. The van der Waals surface area contributed by atoms with Crippen LogP contribution in [0.15, 0.2) is 70.5 Å². The van der Waals surface area contributed by atoms with Crippen LogP contribution in [0.2, 0.25) is 0 Å². The highest BCUT2D eigenvalue weighted by Gasteiger charge is 2.39. The van der Waals surface area contributed by atoms with Crippen LogP contribution in [0.5, 0.6) is 0 Å². The topological polar surface area (TPSA) is 97.7 Å². The first kappa shape index (κ1) is 23.5. The Labute approximate surface area is 173 Å². The molecule has 1 N–H and O–H groups in total. The van der Waals surface area contributed by atoms with Crippen molar-refractivity contribution < 1.29 is 26.7 Å². The molecule has 0 spiro atoms. The minimum atomic E-state index is -4.10. The summed E-state index contributed by atoms with van der Waals surface area (Å²) in [6.45, 7) is 2.55. The van der Waals surface area contributed by atoms with Crippen molar-refractivity contribution in [1.82, 2.24) is 0 Å². The molecule has 0 saturated carbocycles. The van der Waals surface area contributed by atoms with Crippen LogP contribution in [0.25, 0.3) is 0 Å². The van der Waals surface area contributed by atoms with E-state index in [2.05, 4.69) is 0 Å². The van der Waals surface area contributed by atoms with Crippen molar-refractivity contribution in [3.8, 4) is 0 Å². The largest absolute Gasteiger partial charge is 0.391 e. The molecule has 2 rings (SSSR count). The van der Waals surface area contributed by atoms with Gasteiger partial charge in [-0.2, -0.15) is 0 Å². The number of unbranched alkanes of at least 4 members (excludes halogenated alkanes) is 1. The van der Waals surface area contributed by atoms with E-state index in [1.54, 1.807) is 36.4 Å². The molecule has 0 saturated heterocycles. The van der Waals surface area contributed by atoms with Crippen LogP contribution in [0.3, 0.4) is 0 Å². The molecule has 2 aromatic carbocycles. The summed E-state index contributed by atoms with van der Waals surface area (Å²) >= 11 is 0. The van der Waals surface area contributed by atoms with Crippen LogP contribution >= 0.6 is 0 Å². The summed E-state index contributed by atoms with van der Waals surface area (Å²) in [6, 6.07) is 15.3. The zero-order valence-electron chi connectivity index (χ0n) is 16.5. The second-order valence-electron chi connectivity index (χ2n) is 6.74. The molecule has 0 fully saturated rings. The fraction of sp³-hybridized carbons (Fsp3) is 0.429. The van der Waals surface area contributed by atoms with Crippen molar-refractivity contribution in [2.24, 2.45) is 0 Å². The monoisotopic (exact) mass is 440 g/mol. The van der Waals surface area contributed by atoms with Crippen LogP contribution in [-0.2, 0) is 24.4 Å².